The van der Waals surface area contributed by atoms with Crippen LogP contribution in [0.2, 0.25) is 0 Å². The third kappa shape index (κ3) is 17.6. The maximum atomic E-state index is 11.5. The van der Waals surface area contributed by atoms with Gasteiger partial charge in [-0.2, -0.15) is 11.8 Å². The molecule has 0 aliphatic rings. The van der Waals surface area contributed by atoms with Crippen molar-refractivity contribution in [2.45, 2.75) is 0 Å². The van der Waals surface area contributed by atoms with Gasteiger partial charge in [-0.15, -0.1) is 0 Å². The first-order valence-corrected chi connectivity index (χ1v) is 11.0. The normalized spacial score (nSPS) is 10.3. The Kier molecular flexibility index (Phi) is 16.8. The van der Waals surface area contributed by atoms with Gasteiger partial charge in [0, 0.05) is 41.7 Å². The molecule has 0 saturated carbocycles. The zero-order valence-electron chi connectivity index (χ0n) is 15.1. The summed E-state index contributed by atoms with van der Waals surface area (Å²) in [4.78, 5) is 44.6. The fourth-order valence-electron chi connectivity index (χ4n) is 1.32. The van der Waals surface area contributed by atoms with E-state index in [4.69, 9.17) is 4.74 Å². The lowest BCUT2D eigenvalue weighted by Crippen LogP contribution is -2.24. The fraction of sp³-hybridized carbons (Fsp3) is 0.500. The molecular formula is C16H24N2O6S3. The third-order valence-corrected chi connectivity index (χ3v) is 5.66. The zero-order chi connectivity index (χ0) is 20.3. The number of thioether (sulfide) groups is 3. The summed E-state index contributed by atoms with van der Waals surface area (Å²) in [7, 11) is 1.29. The lowest BCUT2D eigenvalue weighted by molar-refractivity contribution is -0.137. The van der Waals surface area contributed by atoms with Gasteiger partial charge in [0.25, 0.3) is 10.5 Å². The van der Waals surface area contributed by atoms with Crippen LogP contribution < -0.4 is 10.6 Å². The van der Waals surface area contributed by atoms with Crippen LogP contribution in [0.1, 0.15) is 0 Å². The molecule has 0 heterocycles. The van der Waals surface area contributed by atoms with Crippen molar-refractivity contribution < 1.29 is 28.7 Å². The highest BCUT2D eigenvalue weighted by Gasteiger charge is 2.03. The molecule has 0 atom stereocenters. The van der Waals surface area contributed by atoms with Crippen LogP contribution in [0.15, 0.2) is 24.8 Å². The monoisotopic (exact) mass is 436 g/mol. The topological polar surface area (TPSA) is 111 Å². The molecule has 0 spiro atoms. The Balaban J connectivity index is 3.45. The SMILES string of the molecule is C=CC(=O)OCCNC(=O)SCCSCCSC(=O)NC/C=C/C(=O)OC. The minimum Gasteiger partial charge on any atom is -0.466 e. The van der Waals surface area contributed by atoms with Crippen molar-refractivity contribution in [3.8, 4) is 0 Å². The molecule has 2 amide bonds. The van der Waals surface area contributed by atoms with Crippen LogP contribution in [0.5, 0.6) is 0 Å². The van der Waals surface area contributed by atoms with E-state index in [0.717, 1.165) is 29.3 Å². The van der Waals surface area contributed by atoms with Crippen LogP contribution in [0.3, 0.4) is 0 Å². The van der Waals surface area contributed by atoms with E-state index in [-0.39, 0.29) is 30.2 Å². The molecule has 0 fully saturated rings. The van der Waals surface area contributed by atoms with Crippen LogP contribution >= 0.6 is 35.3 Å². The molecule has 0 bridgehead atoms. The Morgan fingerprint density at radius 2 is 1.59 bits per heavy atom. The van der Waals surface area contributed by atoms with Gasteiger partial charge in [-0.3, -0.25) is 9.59 Å². The fourth-order valence-corrected chi connectivity index (χ4v) is 3.89. The summed E-state index contributed by atoms with van der Waals surface area (Å²) in [6, 6.07) is 0. The maximum absolute atomic E-state index is 11.5. The van der Waals surface area contributed by atoms with Gasteiger partial charge in [0.1, 0.15) is 6.61 Å². The summed E-state index contributed by atoms with van der Waals surface area (Å²) in [6.45, 7) is 3.92. The number of hydrogen-bond donors (Lipinski definition) is 2. The van der Waals surface area contributed by atoms with Crippen molar-refractivity contribution in [3.05, 3.63) is 24.8 Å². The van der Waals surface area contributed by atoms with Gasteiger partial charge in [0.05, 0.1) is 13.7 Å². The van der Waals surface area contributed by atoms with Gasteiger partial charge in [0.2, 0.25) is 0 Å². The number of amides is 2. The van der Waals surface area contributed by atoms with Crippen molar-refractivity contribution in [3.63, 3.8) is 0 Å². The average Bonchev–Trinajstić information content (AvgIpc) is 2.67. The summed E-state index contributed by atoms with van der Waals surface area (Å²) in [5.74, 6) is 1.90. The van der Waals surface area contributed by atoms with Gasteiger partial charge < -0.3 is 20.1 Å². The highest BCUT2D eigenvalue weighted by molar-refractivity contribution is 8.15. The Morgan fingerprint density at radius 1 is 0.963 bits per heavy atom. The number of methoxy groups -OCH3 is 1. The van der Waals surface area contributed by atoms with Crippen molar-refractivity contribution in [1.82, 2.24) is 10.6 Å². The molecule has 0 saturated heterocycles. The number of hydrogen-bond acceptors (Lipinski definition) is 9. The van der Waals surface area contributed by atoms with Gasteiger partial charge in [0.15, 0.2) is 0 Å². The van der Waals surface area contributed by atoms with E-state index < -0.39 is 11.9 Å². The molecule has 0 rings (SSSR count). The van der Waals surface area contributed by atoms with Crippen molar-refractivity contribution in [2.75, 3.05) is 49.8 Å². The number of carbonyl (C=O) groups excluding carboxylic acids is 4. The van der Waals surface area contributed by atoms with E-state index in [2.05, 4.69) is 21.9 Å². The second-order valence-electron chi connectivity index (χ2n) is 4.49. The van der Waals surface area contributed by atoms with E-state index in [1.807, 2.05) is 0 Å². The molecular weight excluding hydrogens is 412 g/mol. The molecule has 8 nitrogen and oxygen atoms in total. The molecule has 2 N–H and O–H groups in total. The molecule has 0 radical (unpaired) electrons. The van der Waals surface area contributed by atoms with E-state index >= 15 is 0 Å². The molecule has 152 valence electrons. The standard InChI is InChI=1S/C16H24N2O6S3/c1-3-13(19)24-8-7-18-16(22)27-12-10-25-9-11-26-15(21)17-6-4-5-14(20)23-2/h3-5H,1,6-12H2,2H3,(H,17,21)(H,18,22)/b5-4+. The minimum atomic E-state index is -0.516. The summed E-state index contributed by atoms with van der Waals surface area (Å²) in [5, 5.41) is 4.94. The summed E-state index contributed by atoms with van der Waals surface area (Å²) in [5.41, 5.74) is 0. The second kappa shape index (κ2) is 17.8. The average molecular weight is 437 g/mol. The number of carbonyl (C=O) groups is 4. The highest BCUT2D eigenvalue weighted by atomic mass is 32.2. The van der Waals surface area contributed by atoms with Gasteiger partial charge >= 0.3 is 11.9 Å². The molecule has 0 unspecified atom stereocenters. The maximum Gasteiger partial charge on any atom is 0.330 e. The number of nitrogens with one attached hydrogen (secondary N) is 2. The predicted octanol–water partition coefficient (Wildman–Crippen LogP) is 2.06. The van der Waals surface area contributed by atoms with Crippen LogP contribution in [0.25, 0.3) is 0 Å². The largest absolute Gasteiger partial charge is 0.466 e. The molecule has 0 aliphatic heterocycles. The lowest BCUT2D eigenvalue weighted by atomic mass is 10.5. The van der Waals surface area contributed by atoms with Crippen molar-refractivity contribution >= 4 is 57.7 Å². The summed E-state index contributed by atoms with van der Waals surface area (Å²) >= 11 is 3.98. The van der Waals surface area contributed by atoms with Gasteiger partial charge in [-0.05, 0) is 0 Å². The van der Waals surface area contributed by atoms with Gasteiger partial charge in [-0.1, -0.05) is 36.2 Å². The number of ether oxygens (including phenoxy) is 2. The van der Waals surface area contributed by atoms with Crippen LogP contribution in [0, 0.1) is 0 Å². The minimum absolute atomic E-state index is 0.115. The first-order valence-electron chi connectivity index (χ1n) is 7.92. The molecule has 0 aromatic rings. The third-order valence-electron chi connectivity index (χ3n) is 2.52. The number of rotatable bonds is 13. The lowest BCUT2D eigenvalue weighted by Gasteiger charge is -2.05. The predicted molar refractivity (Wildman–Crippen MR) is 111 cm³/mol. The molecule has 0 aromatic carbocycles. The number of esters is 2. The van der Waals surface area contributed by atoms with E-state index in [1.54, 1.807) is 11.8 Å². The van der Waals surface area contributed by atoms with Crippen LogP contribution in [0.4, 0.5) is 9.59 Å². The summed E-state index contributed by atoms with van der Waals surface area (Å²) < 4.78 is 9.16. The first kappa shape index (κ1) is 25.4. The molecule has 11 heteroatoms. The molecule has 0 aromatic heterocycles. The van der Waals surface area contributed by atoms with Gasteiger partial charge in [-0.25, -0.2) is 9.59 Å². The first-order chi connectivity index (χ1) is 13.0. The smallest absolute Gasteiger partial charge is 0.330 e. The molecule has 27 heavy (non-hydrogen) atoms. The van der Waals surface area contributed by atoms with E-state index in [0.29, 0.717) is 11.5 Å². The Bertz CT molecular complexity index is 528. The Morgan fingerprint density at radius 3 is 2.19 bits per heavy atom. The quantitative estimate of drug-likeness (QED) is 0.255. The zero-order valence-corrected chi connectivity index (χ0v) is 17.5. The Hall–Kier alpha value is -1.59. The summed E-state index contributed by atoms with van der Waals surface area (Å²) in [6.07, 6.45) is 3.84. The highest BCUT2D eigenvalue weighted by Crippen LogP contribution is 2.11. The van der Waals surface area contributed by atoms with Crippen LogP contribution in [-0.4, -0.2) is 72.2 Å². The Labute approximate surface area is 171 Å². The van der Waals surface area contributed by atoms with Crippen molar-refractivity contribution in [2.24, 2.45) is 0 Å². The van der Waals surface area contributed by atoms with Crippen LogP contribution in [-0.2, 0) is 19.1 Å². The molecule has 0 aliphatic carbocycles. The second-order valence-corrected chi connectivity index (χ2v) is 7.85. The van der Waals surface area contributed by atoms with E-state index in [9.17, 15) is 19.2 Å². The van der Waals surface area contributed by atoms with Crippen molar-refractivity contribution in [1.29, 1.82) is 0 Å². The van der Waals surface area contributed by atoms with E-state index in [1.165, 1.54) is 31.0 Å².